The van der Waals surface area contributed by atoms with Gasteiger partial charge in [0.15, 0.2) is 0 Å². The van der Waals surface area contributed by atoms with Gasteiger partial charge in [0.25, 0.3) is 0 Å². The quantitative estimate of drug-likeness (QED) is 0.641. The summed E-state index contributed by atoms with van der Waals surface area (Å²) in [5, 5.41) is 0. The Balaban J connectivity index is 1.94. The summed E-state index contributed by atoms with van der Waals surface area (Å²) in [6.07, 6.45) is 1.38. The van der Waals surface area contributed by atoms with E-state index in [2.05, 4.69) is 49.9 Å². The third-order valence-electron chi connectivity index (χ3n) is 4.27. The van der Waals surface area contributed by atoms with Crippen molar-refractivity contribution in [2.24, 2.45) is 0 Å². The van der Waals surface area contributed by atoms with Crippen molar-refractivity contribution in [2.75, 3.05) is 13.1 Å². The monoisotopic (exact) mass is 215 g/mol. The smallest absolute Gasteiger partial charge is 0.0125 e. The Hall–Kier alpha value is -0.820. The molecule has 16 heavy (non-hydrogen) atoms. The fraction of sp³-hybridized carbons (Fsp3) is 0.600. The van der Waals surface area contributed by atoms with Gasteiger partial charge in [-0.1, -0.05) is 24.3 Å². The van der Waals surface area contributed by atoms with Crippen molar-refractivity contribution in [2.45, 2.75) is 44.6 Å². The van der Waals surface area contributed by atoms with Crippen LogP contribution in [0.5, 0.6) is 0 Å². The molecular weight excluding hydrogens is 194 g/mol. The highest BCUT2D eigenvalue weighted by atomic mass is 15.2. The number of piperidine rings is 1. The summed E-state index contributed by atoms with van der Waals surface area (Å²) in [6.45, 7) is 9.50. The van der Waals surface area contributed by atoms with Crippen LogP contribution in [0.2, 0.25) is 0 Å². The minimum atomic E-state index is 0.318. The zero-order chi connectivity index (χ0) is 11.3. The lowest BCUT2D eigenvalue weighted by Crippen LogP contribution is -2.47. The molecule has 0 aromatic heterocycles. The number of benzene rings is 1. The lowest BCUT2D eigenvalue weighted by molar-refractivity contribution is 0.0955. The van der Waals surface area contributed by atoms with Crippen LogP contribution in [0, 0.1) is 0 Å². The van der Waals surface area contributed by atoms with Gasteiger partial charge >= 0.3 is 0 Å². The third-order valence-corrected chi connectivity index (χ3v) is 4.27. The first-order valence-corrected chi connectivity index (χ1v) is 6.39. The molecule has 86 valence electrons. The lowest BCUT2D eigenvalue weighted by Gasteiger charge is -2.41. The molecule has 0 N–H and O–H groups in total. The van der Waals surface area contributed by atoms with Gasteiger partial charge in [0.2, 0.25) is 0 Å². The van der Waals surface area contributed by atoms with Crippen molar-refractivity contribution >= 4 is 0 Å². The van der Waals surface area contributed by atoms with Crippen LogP contribution >= 0.6 is 0 Å². The molecule has 2 atom stereocenters. The first-order valence-electron chi connectivity index (χ1n) is 6.39. The highest BCUT2D eigenvalue weighted by Gasteiger charge is 2.40. The molecule has 1 heteroatoms. The standard InChI is InChI=1S/C15H21N/c1-15(2,3)16-9-11-8-12(10-16)14-7-5-4-6-13(11)14/h4-7,11-12H,8-10H2,1-3H3. The molecule has 0 amide bonds. The largest absolute Gasteiger partial charge is 0.297 e. The number of rotatable bonds is 0. The summed E-state index contributed by atoms with van der Waals surface area (Å²) in [5.74, 6) is 1.57. The Kier molecular flexibility index (Phi) is 2.16. The van der Waals surface area contributed by atoms with Crippen LogP contribution in [0.4, 0.5) is 0 Å². The van der Waals surface area contributed by atoms with Crippen LogP contribution in [-0.2, 0) is 0 Å². The summed E-state index contributed by atoms with van der Waals surface area (Å²) < 4.78 is 0. The van der Waals surface area contributed by atoms with Gasteiger partial charge in [-0.3, -0.25) is 4.90 Å². The molecule has 2 aliphatic rings. The molecule has 0 radical (unpaired) electrons. The molecule has 2 unspecified atom stereocenters. The van der Waals surface area contributed by atoms with E-state index < -0.39 is 0 Å². The first kappa shape index (κ1) is 10.3. The van der Waals surface area contributed by atoms with Crippen molar-refractivity contribution in [3.63, 3.8) is 0 Å². The Bertz CT molecular complexity index is 371. The fourth-order valence-electron chi connectivity index (χ4n) is 3.35. The zero-order valence-corrected chi connectivity index (χ0v) is 10.5. The van der Waals surface area contributed by atoms with E-state index in [1.54, 1.807) is 11.1 Å². The lowest BCUT2D eigenvalue weighted by atomic mass is 9.91. The van der Waals surface area contributed by atoms with E-state index in [-0.39, 0.29) is 0 Å². The van der Waals surface area contributed by atoms with Crippen LogP contribution in [0.15, 0.2) is 24.3 Å². The molecule has 1 fully saturated rings. The van der Waals surface area contributed by atoms with Crippen LogP contribution in [0.25, 0.3) is 0 Å². The Morgan fingerprint density at radius 2 is 1.50 bits per heavy atom. The van der Waals surface area contributed by atoms with Gasteiger partial charge in [-0.15, -0.1) is 0 Å². The van der Waals surface area contributed by atoms with Gasteiger partial charge in [0.1, 0.15) is 0 Å². The van der Waals surface area contributed by atoms with E-state index in [1.807, 2.05) is 0 Å². The van der Waals surface area contributed by atoms with Gasteiger partial charge in [-0.05, 0) is 50.2 Å². The molecule has 1 aliphatic carbocycles. The SMILES string of the molecule is CC(C)(C)N1CC2CC(C1)c1ccccc12. The summed E-state index contributed by atoms with van der Waals surface area (Å²) in [6, 6.07) is 9.07. The normalized spacial score (nSPS) is 29.2. The van der Waals surface area contributed by atoms with Gasteiger partial charge in [0, 0.05) is 18.6 Å². The van der Waals surface area contributed by atoms with Gasteiger partial charge in [-0.2, -0.15) is 0 Å². The van der Waals surface area contributed by atoms with Gasteiger partial charge in [0.05, 0.1) is 0 Å². The molecule has 0 spiro atoms. The third kappa shape index (κ3) is 1.49. The van der Waals surface area contributed by atoms with Crippen molar-refractivity contribution in [3.8, 4) is 0 Å². The second-order valence-corrected chi connectivity index (χ2v) is 6.33. The predicted molar refractivity (Wildman–Crippen MR) is 67.9 cm³/mol. The maximum atomic E-state index is 2.66. The predicted octanol–water partition coefficient (Wildman–Crippen LogP) is 3.37. The summed E-state index contributed by atoms with van der Waals surface area (Å²) in [7, 11) is 0. The Morgan fingerprint density at radius 3 is 1.94 bits per heavy atom. The van der Waals surface area contributed by atoms with E-state index in [0.717, 1.165) is 11.8 Å². The molecule has 1 heterocycles. The second-order valence-electron chi connectivity index (χ2n) is 6.33. The summed E-state index contributed by atoms with van der Waals surface area (Å²) >= 11 is 0. The number of hydrogen-bond acceptors (Lipinski definition) is 1. The van der Waals surface area contributed by atoms with Crippen molar-refractivity contribution in [1.82, 2.24) is 4.90 Å². The topological polar surface area (TPSA) is 3.24 Å². The van der Waals surface area contributed by atoms with Crippen LogP contribution in [-0.4, -0.2) is 23.5 Å². The number of hydrogen-bond donors (Lipinski definition) is 0. The van der Waals surface area contributed by atoms with E-state index in [4.69, 9.17) is 0 Å². The number of likely N-dealkylation sites (tertiary alicyclic amines) is 1. The highest BCUT2D eigenvalue weighted by Crippen LogP contribution is 2.46. The average Bonchev–Trinajstić information content (AvgIpc) is 2.51. The van der Waals surface area contributed by atoms with Crippen LogP contribution in [0.3, 0.4) is 0 Å². The van der Waals surface area contributed by atoms with Crippen molar-refractivity contribution in [3.05, 3.63) is 35.4 Å². The molecule has 0 saturated carbocycles. The molecule has 1 aliphatic heterocycles. The molecule has 1 aromatic carbocycles. The average molecular weight is 215 g/mol. The van der Waals surface area contributed by atoms with Crippen molar-refractivity contribution in [1.29, 1.82) is 0 Å². The van der Waals surface area contributed by atoms with E-state index in [1.165, 1.54) is 19.5 Å². The van der Waals surface area contributed by atoms with E-state index in [0.29, 0.717) is 5.54 Å². The van der Waals surface area contributed by atoms with E-state index >= 15 is 0 Å². The summed E-state index contributed by atoms with van der Waals surface area (Å²) in [5.41, 5.74) is 3.57. The van der Waals surface area contributed by atoms with Gasteiger partial charge in [-0.25, -0.2) is 0 Å². The highest BCUT2D eigenvalue weighted by molar-refractivity contribution is 5.40. The van der Waals surface area contributed by atoms with Crippen LogP contribution < -0.4 is 0 Å². The maximum Gasteiger partial charge on any atom is 0.0125 e. The molecule has 2 bridgehead atoms. The Morgan fingerprint density at radius 1 is 1.00 bits per heavy atom. The van der Waals surface area contributed by atoms with Crippen molar-refractivity contribution < 1.29 is 0 Å². The van der Waals surface area contributed by atoms with Crippen LogP contribution in [0.1, 0.15) is 50.2 Å². The molecule has 1 aromatic rings. The number of fused-ring (bicyclic) bond motifs is 5. The summed E-state index contributed by atoms with van der Waals surface area (Å²) in [4.78, 5) is 2.66. The van der Waals surface area contributed by atoms with Gasteiger partial charge < -0.3 is 0 Å². The minimum Gasteiger partial charge on any atom is -0.297 e. The maximum absolute atomic E-state index is 2.66. The second kappa shape index (κ2) is 3.33. The first-order chi connectivity index (χ1) is 7.55. The fourth-order valence-corrected chi connectivity index (χ4v) is 3.35. The molecule has 1 nitrogen and oxygen atoms in total. The van der Waals surface area contributed by atoms with E-state index in [9.17, 15) is 0 Å². The number of nitrogens with zero attached hydrogens (tertiary/aromatic N) is 1. The minimum absolute atomic E-state index is 0.318. The molecule has 3 rings (SSSR count). The Labute approximate surface area is 98.5 Å². The molecular formula is C15H21N. The zero-order valence-electron chi connectivity index (χ0n) is 10.5. The molecule has 1 saturated heterocycles.